The monoisotopic (exact) mass is 309 g/mol. The van der Waals surface area contributed by atoms with Gasteiger partial charge in [-0.25, -0.2) is 0 Å². The molecular formula is C10H16INO2. The van der Waals surface area contributed by atoms with Crippen LogP contribution in [-0.2, 0) is 9.53 Å². The van der Waals surface area contributed by atoms with E-state index in [1.807, 2.05) is 22.6 Å². The molecule has 4 heteroatoms. The van der Waals surface area contributed by atoms with Gasteiger partial charge in [0.1, 0.15) is 0 Å². The summed E-state index contributed by atoms with van der Waals surface area (Å²) >= 11 is 1.84. The minimum atomic E-state index is -0.215. The Hall–Kier alpha value is -0.280. The fourth-order valence-corrected chi connectivity index (χ4v) is 1.06. The van der Waals surface area contributed by atoms with Crippen LogP contribution in [0.2, 0.25) is 0 Å². The highest BCUT2D eigenvalue weighted by Crippen LogP contribution is 1.88. The Morgan fingerprint density at radius 2 is 2.14 bits per heavy atom. The zero-order valence-corrected chi connectivity index (χ0v) is 10.6. The Balaban J connectivity index is 3.12. The van der Waals surface area contributed by atoms with Crippen molar-refractivity contribution in [2.75, 3.05) is 19.8 Å². The van der Waals surface area contributed by atoms with Crippen molar-refractivity contribution in [2.24, 2.45) is 0 Å². The molecule has 0 aromatic rings. The molecule has 0 saturated heterocycles. The summed E-state index contributed by atoms with van der Waals surface area (Å²) < 4.78 is 7.84. The third kappa shape index (κ3) is 9.81. The molecule has 3 nitrogen and oxygen atoms in total. The molecule has 0 heterocycles. The molecule has 1 N–H and O–H groups in total. The summed E-state index contributed by atoms with van der Waals surface area (Å²) in [5, 5.41) is 2.68. The third-order valence-electron chi connectivity index (χ3n) is 1.55. The molecule has 0 saturated carbocycles. The maximum Gasteiger partial charge on any atom is 0.296 e. The first-order chi connectivity index (χ1) is 6.81. The van der Waals surface area contributed by atoms with Gasteiger partial charge in [-0.1, -0.05) is 13.3 Å². The normalized spacial score (nSPS) is 9.00. The smallest absolute Gasteiger partial charge is 0.296 e. The molecule has 0 aromatic heterocycles. The number of hydrogen-bond acceptors (Lipinski definition) is 2. The van der Waals surface area contributed by atoms with Crippen LogP contribution in [0.15, 0.2) is 0 Å². The first-order valence-corrected chi connectivity index (χ1v) is 5.86. The average Bonchev–Trinajstić information content (AvgIpc) is 2.17. The van der Waals surface area contributed by atoms with E-state index in [1.165, 1.54) is 0 Å². The third-order valence-corrected chi connectivity index (χ3v) is 1.82. The zero-order chi connectivity index (χ0) is 10.6. The molecule has 0 rings (SSSR count). The molecule has 80 valence electrons. The first kappa shape index (κ1) is 13.7. The van der Waals surface area contributed by atoms with E-state index in [4.69, 9.17) is 4.74 Å². The van der Waals surface area contributed by atoms with Gasteiger partial charge in [-0.3, -0.25) is 4.79 Å². The van der Waals surface area contributed by atoms with Crippen molar-refractivity contribution in [3.63, 3.8) is 0 Å². The summed E-state index contributed by atoms with van der Waals surface area (Å²) in [6.07, 6.45) is 3.10. The van der Waals surface area contributed by atoms with Crippen LogP contribution in [0.1, 0.15) is 26.2 Å². The highest BCUT2D eigenvalue weighted by molar-refractivity contribution is 14.1. The van der Waals surface area contributed by atoms with Crippen molar-refractivity contribution in [1.82, 2.24) is 5.32 Å². The molecule has 0 radical (unpaired) electrons. The quantitative estimate of drug-likeness (QED) is 0.442. The van der Waals surface area contributed by atoms with Crippen molar-refractivity contribution in [1.29, 1.82) is 0 Å². The average molecular weight is 309 g/mol. The van der Waals surface area contributed by atoms with Gasteiger partial charge in [0.05, 0.1) is 0 Å². The Morgan fingerprint density at radius 1 is 1.43 bits per heavy atom. The lowest BCUT2D eigenvalue weighted by Crippen LogP contribution is -2.23. The zero-order valence-electron chi connectivity index (χ0n) is 8.44. The number of nitrogens with one attached hydrogen (secondary N) is 1. The molecule has 0 aliphatic carbocycles. The van der Waals surface area contributed by atoms with Gasteiger partial charge < -0.3 is 10.1 Å². The van der Waals surface area contributed by atoms with Crippen LogP contribution in [0, 0.1) is 9.85 Å². The molecule has 0 bridgehead atoms. The molecule has 0 aromatic carbocycles. The van der Waals surface area contributed by atoms with E-state index >= 15 is 0 Å². The maximum absolute atomic E-state index is 10.8. The molecule has 14 heavy (non-hydrogen) atoms. The SMILES string of the molecule is CCCCOCCCNC(=O)C#CI. The molecule has 0 unspecified atom stereocenters. The second-order valence-electron chi connectivity index (χ2n) is 2.79. The second-order valence-corrected chi connectivity index (χ2v) is 3.33. The van der Waals surface area contributed by atoms with Crippen molar-refractivity contribution in [3.05, 3.63) is 0 Å². The predicted molar refractivity (Wildman–Crippen MR) is 65.1 cm³/mol. The number of amides is 1. The number of unbranched alkanes of at least 4 members (excludes halogenated alkanes) is 1. The van der Waals surface area contributed by atoms with Gasteiger partial charge in [0.15, 0.2) is 0 Å². The van der Waals surface area contributed by atoms with E-state index in [-0.39, 0.29) is 5.91 Å². The van der Waals surface area contributed by atoms with Crippen molar-refractivity contribution in [2.45, 2.75) is 26.2 Å². The van der Waals surface area contributed by atoms with Crippen LogP contribution in [0.3, 0.4) is 0 Å². The van der Waals surface area contributed by atoms with Gasteiger partial charge in [0, 0.05) is 48.3 Å². The molecule has 0 aliphatic heterocycles. The second kappa shape index (κ2) is 10.8. The fraction of sp³-hybridized carbons (Fsp3) is 0.700. The molecule has 1 amide bonds. The summed E-state index contributed by atoms with van der Waals surface area (Å²) in [5.74, 6) is 2.19. The summed E-state index contributed by atoms with van der Waals surface area (Å²) in [4.78, 5) is 10.8. The minimum Gasteiger partial charge on any atom is -0.381 e. The molecule has 0 fully saturated rings. The van der Waals surface area contributed by atoms with E-state index in [2.05, 4.69) is 22.1 Å². The summed E-state index contributed by atoms with van der Waals surface area (Å²) in [6, 6.07) is 0. The van der Waals surface area contributed by atoms with Crippen molar-refractivity contribution < 1.29 is 9.53 Å². The fourth-order valence-electron chi connectivity index (χ4n) is 0.812. The van der Waals surface area contributed by atoms with Crippen LogP contribution in [0.4, 0.5) is 0 Å². The molecule has 0 spiro atoms. The Labute approximate surface area is 99.1 Å². The first-order valence-electron chi connectivity index (χ1n) is 4.78. The number of carbonyl (C=O) groups is 1. The lowest BCUT2D eigenvalue weighted by atomic mass is 10.3. The van der Waals surface area contributed by atoms with Gasteiger partial charge in [0.25, 0.3) is 5.91 Å². The van der Waals surface area contributed by atoms with Crippen LogP contribution in [0.25, 0.3) is 0 Å². The summed E-state index contributed by atoms with van der Waals surface area (Å²) in [6.45, 7) is 4.29. The number of rotatable bonds is 7. The lowest BCUT2D eigenvalue weighted by molar-refractivity contribution is -0.115. The van der Waals surface area contributed by atoms with Crippen LogP contribution >= 0.6 is 22.6 Å². The van der Waals surface area contributed by atoms with Gasteiger partial charge in [0.2, 0.25) is 0 Å². The van der Waals surface area contributed by atoms with Gasteiger partial charge in [-0.05, 0) is 16.8 Å². The number of halogens is 1. The number of ether oxygens (including phenoxy) is 1. The lowest BCUT2D eigenvalue weighted by Gasteiger charge is -2.02. The largest absolute Gasteiger partial charge is 0.381 e. The maximum atomic E-state index is 10.8. The minimum absolute atomic E-state index is 0.215. The molecule has 0 atom stereocenters. The molecular weight excluding hydrogens is 293 g/mol. The van der Waals surface area contributed by atoms with Crippen LogP contribution in [-0.4, -0.2) is 25.7 Å². The van der Waals surface area contributed by atoms with Crippen LogP contribution < -0.4 is 5.32 Å². The highest BCUT2D eigenvalue weighted by atomic mass is 127. The van der Waals surface area contributed by atoms with Gasteiger partial charge in [-0.2, -0.15) is 0 Å². The number of hydrogen-bond donors (Lipinski definition) is 1. The standard InChI is InChI=1S/C10H16INO2/c1-2-3-8-14-9-4-7-12-10(13)5-6-11/h2-4,7-9H2,1H3,(H,12,13). The predicted octanol–water partition coefficient (Wildman–Crippen LogP) is 1.71. The van der Waals surface area contributed by atoms with E-state index in [0.29, 0.717) is 13.2 Å². The summed E-state index contributed by atoms with van der Waals surface area (Å²) in [5.41, 5.74) is 0. The van der Waals surface area contributed by atoms with Crippen LogP contribution in [0.5, 0.6) is 0 Å². The Morgan fingerprint density at radius 3 is 2.79 bits per heavy atom. The Bertz CT molecular complexity index is 208. The van der Waals surface area contributed by atoms with E-state index in [1.54, 1.807) is 0 Å². The highest BCUT2D eigenvalue weighted by Gasteiger charge is 1.93. The van der Waals surface area contributed by atoms with Crippen molar-refractivity contribution in [3.8, 4) is 9.85 Å². The van der Waals surface area contributed by atoms with Crippen molar-refractivity contribution >= 4 is 28.5 Å². The van der Waals surface area contributed by atoms with E-state index in [0.717, 1.165) is 25.9 Å². The van der Waals surface area contributed by atoms with Gasteiger partial charge >= 0.3 is 0 Å². The summed E-state index contributed by atoms with van der Waals surface area (Å²) in [7, 11) is 0. The molecule has 0 aliphatic rings. The van der Waals surface area contributed by atoms with Gasteiger partial charge in [-0.15, -0.1) is 0 Å². The Kier molecular flexibility index (Phi) is 10.6. The van der Waals surface area contributed by atoms with E-state index in [9.17, 15) is 4.79 Å². The number of carbonyl (C=O) groups excluding carboxylic acids is 1. The topological polar surface area (TPSA) is 38.3 Å². The van der Waals surface area contributed by atoms with E-state index < -0.39 is 0 Å².